The Labute approximate surface area is 121 Å². The number of aromatic nitrogens is 1. The van der Waals surface area contributed by atoms with Crippen LogP contribution in [0.5, 0.6) is 0 Å². The molecule has 1 amide bonds. The van der Waals surface area contributed by atoms with Gasteiger partial charge in [0.25, 0.3) is 0 Å². The second-order valence-electron chi connectivity index (χ2n) is 4.79. The Bertz CT molecular complexity index is 681. The molecule has 4 nitrogen and oxygen atoms in total. The quantitative estimate of drug-likeness (QED) is 0.851. The van der Waals surface area contributed by atoms with Crippen molar-refractivity contribution in [2.75, 3.05) is 11.4 Å². The molecular formula is C15H14N2O2S. The van der Waals surface area contributed by atoms with E-state index < -0.39 is 0 Å². The minimum absolute atomic E-state index is 0.0481. The monoisotopic (exact) mass is 286 g/mol. The van der Waals surface area contributed by atoms with Gasteiger partial charge in [0.15, 0.2) is 5.12 Å². The highest BCUT2D eigenvalue weighted by molar-refractivity contribution is 8.14. The minimum atomic E-state index is 0.0481. The first-order valence-electron chi connectivity index (χ1n) is 6.46. The molecule has 1 fully saturated rings. The van der Waals surface area contributed by atoms with Gasteiger partial charge in [0, 0.05) is 36.7 Å². The van der Waals surface area contributed by atoms with Crippen LogP contribution in [-0.4, -0.2) is 27.8 Å². The zero-order valence-corrected chi connectivity index (χ0v) is 11.9. The summed E-state index contributed by atoms with van der Waals surface area (Å²) >= 11 is 1.25. The lowest BCUT2D eigenvalue weighted by atomic mass is 10.1. The van der Waals surface area contributed by atoms with Crippen LogP contribution in [0.2, 0.25) is 0 Å². The second kappa shape index (κ2) is 5.25. The number of pyridine rings is 1. The maximum atomic E-state index is 12.2. The van der Waals surface area contributed by atoms with Gasteiger partial charge in [0.1, 0.15) is 0 Å². The fourth-order valence-corrected chi connectivity index (χ4v) is 3.46. The van der Waals surface area contributed by atoms with Gasteiger partial charge in [-0.1, -0.05) is 17.8 Å². The summed E-state index contributed by atoms with van der Waals surface area (Å²) in [5.74, 6) is 0.0695. The standard InChI is InChI=1S/C15H14N2O2S/c1-10(18)20-11-8-15(19)17(9-11)14-6-2-5-13-12(14)4-3-7-16-13/h2-7,11H,8-9H2,1H3. The average molecular weight is 286 g/mol. The fourth-order valence-electron chi connectivity index (χ4n) is 2.54. The van der Waals surface area contributed by atoms with E-state index in [-0.39, 0.29) is 16.3 Å². The molecule has 1 aliphatic rings. The minimum Gasteiger partial charge on any atom is -0.311 e. The summed E-state index contributed by atoms with van der Waals surface area (Å²) in [5.41, 5.74) is 1.76. The van der Waals surface area contributed by atoms with E-state index in [4.69, 9.17) is 0 Å². The largest absolute Gasteiger partial charge is 0.311 e. The van der Waals surface area contributed by atoms with Crippen LogP contribution in [0.15, 0.2) is 36.5 Å². The van der Waals surface area contributed by atoms with Gasteiger partial charge in [-0.15, -0.1) is 0 Å². The van der Waals surface area contributed by atoms with Crippen LogP contribution in [0.3, 0.4) is 0 Å². The third-order valence-electron chi connectivity index (χ3n) is 3.34. The predicted octanol–water partition coefficient (Wildman–Crippen LogP) is 2.62. The number of hydrogen-bond acceptors (Lipinski definition) is 4. The van der Waals surface area contributed by atoms with Crippen LogP contribution in [-0.2, 0) is 9.59 Å². The summed E-state index contributed by atoms with van der Waals surface area (Å²) in [6.07, 6.45) is 2.16. The van der Waals surface area contributed by atoms with Gasteiger partial charge in [0.05, 0.1) is 11.2 Å². The highest BCUT2D eigenvalue weighted by Gasteiger charge is 2.32. The zero-order valence-electron chi connectivity index (χ0n) is 11.1. The van der Waals surface area contributed by atoms with Crippen molar-refractivity contribution >= 4 is 39.4 Å². The summed E-state index contributed by atoms with van der Waals surface area (Å²) in [4.78, 5) is 29.5. The summed E-state index contributed by atoms with van der Waals surface area (Å²) < 4.78 is 0. The Morgan fingerprint density at radius 2 is 2.20 bits per heavy atom. The molecule has 102 valence electrons. The maximum absolute atomic E-state index is 12.2. The lowest BCUT2D eigenvalue weighted by Crippen LogP contribution is -2.25. The molecule has 1 atom stereocenters. The first kappa shape index (κ1) is 13.1. The summed E-state index contributed by atoms with van der Waals surface area (Å²) in [7, 11) is 0. The van der Waals surface area contributed by atoms with E-state index in [9.17, 15) is 9.59 Å². The van der Waals surface area contributed by atoms with E-state index in [0.29, 0.717) is 13.0 Å². The molecule has 20 heavy (non-hydrogen) atoms. The van der Waals surface area contributed by atoms with Gasteiger partial charge in [-0.3, -0.25) is 14.6 Å². The number of amides is 1. The van der Waals surface area contributed by atoms with Crippen LogP contribution in [0.25, 0.3) is 10.9 Å². The van der Waals surface area contributed by atoms with Crippen molar-refractivity contribution in [2.45, 2.75) is 18.6 Å². The van der Waals surface area contributed by atoms with Crippen LogP contribution in [0.4, 0.5) is 5.69 Å². The van der Waals surface area contributed by atoms with Crippen molar-refractivity contribution < 1.29 is 9.59 Å². The van der Waals surface area contributed by atoms with E-state index in [2.05, 4.69) is 4.98 Å². The van der Waals surface area contributed by atoms with Crippen LogP contribution >= 0.6 is 11.8 Å². The Morgan fingerprint density at radius 3 is 3.00 bits per heavy atom. The number of anilines is 1. The molecule has 1 aromatic heterocycles. The number of fused-ring (bicyclic) bond motifs is 1. The van der Waals surface area contributed by atoms with Crippen LogP contribution in [0.1, 0.15) is 13.3 Å². The molecule has 5 heteroatoms. The number of hydrogen-bond donors (Lipinski definition) is 0. The number of rotatable bonds is 2. The Balaban J connectivity index is 1.95. The second-order valence-corrected chi connectivity index (χ2v) is 6.26. The SMILES string of the molecule is CC(=O)SC1CC(=O)N(c2cccc3ncccc23)C1. The molecule has 3 rings (SSSR count). The lowest BCUT2D eigenvalue weighted by Gasteiger charge is -2.18. The number of nitrogens with zero attached hydrogens (tertiary/aromatic N) is 2. The highest BCUT2D eigenvalue weighted by atomic mass is 32.2. The Hall–Kier alpha value is -1.88. The van der Waals surface area contributed by atoms with Gasteiger partial charge in [-0.05, 0) is 24.3 Å². The first-order valence-corrected chi connectivity index (χ1v) is 7.34. The molecule has 2 heterocycles. The van der Waals surface area contributed by atoms with Crippen LogP contribution < -0.4 is 4.90 Å². The van der Waals surface area contributed by atoms with Crippen molar-refractivity contribution in [1.82, 2.24) is 4.98 Å². The van der Waals surface area contributed by atoms with E-state index >= 15 is 0 Å². The lowest BCUT2D eigenvalue weighted by molar-refractivity contribution is -0.117. The zero-order chi connectivity index (χ0) is 14.1. The Kier molecular flexibility index (Phi) is 3.44. The number of thioether (sulfide) groups is 1. The van der Waals surface area contributed by atoms with E-state index in [1.165, 1.54) is 11.8 Å². The van der Waals surface area contributed by atoms with E-state index in [1.807, 2.05) is 30.3 Å². The smallest absolute Gasteiger partial charge is 0.228 e. The highest BCUT2D eigenvalue weighted by Crippen LogP contribution is 2.32. The average Bonchev–Trinajstić information content (AvgIpc) is 2.78. The molecule has 2 aromatic rings. The van der Waals surface area contributed by atoms with Crippen molar-refractivity contribution in [3.05, 3.63) is 36.5 Å². The molecule has 0 N–H and O–H groups in total. The van der Waals surface area contributed by atoms with Gasteiger partial charge in [-0.25, -0.2) is 0 Å². The van der Waals surface area contributed by atoms with Gasteiger partial charge in [0.2, 0.25) is 5.91 Å². The van der Waals surface area contributed by atoms with Crippen molar-refractivity contribution in [1.29, 1.82) is 0 Å². The topological polar surface area (TPSA) is 50.3 Å². The summed E-state index contributed by atoms with van der Waals surface area (Å²) in [6, 6.07) is 9.61. The number of carbonyl (C=O) groups is 2. The van der Waals surface area contributed by atoms with Crippen LogP contribution in [0, 0.1) is 0 Å². The third-order valence-corrected chi connectivity index (χ3v) is 4.32. The first-order chi connectivity index (χ1) is 9.65. The molecule has 0 bridgehead atoms. The van der Waals surface area contributed by atoms with Gasteiger partial charge >= 0.3 is 0 Å². The van der Waals surface area contributed by atoms with Crippen molar-refractivity contribution in [3.63, 3.8) is 0 Å². The van der Waals surface area contributed by atoms with Crippen molar-refractivity contribution in [2.24, 2.45) is 0 Å². The third kappa shape index (κ3) is 2.41. The number of benzene rings is 1. The van der Waals surface area contributed by atoms with Gasteiger partial charge < -0.3 is 4.90 Å². The molecular weight excluding hydrogens is 272 g/mol. The predicted molar refractivity (Wildman–Crippen MR) is 80.8 cm³/mol. The molecule has 0 radical (unpaired) electrons. The maximum Gasteiger partial charge on any atom is 0.228 e. The molecule has 1 saturated heterocycles. The Morgan fingerprint density at radius 1 is 1.35 bits per heavy atom. The summed E-state index contributed by atoms with van der Waals surface area (Å²) in [6.45, 7) is 2.12. The van der Waals surface area contributed by atoms with Gasteiger partial charge in [-0.2, -0.15) is 0 Å². The molecule has 1 unspecified atom stereocenters. The van der Waals surface area contributed by atoms with E-state index in [1.54, 1.807) is 18.0 Å². The number of carbonyl (C=O) groups excluding carboxylic acids is 2. The summed E-state index contributed by atoms with van der Waals surface area (Å²) in [5, 5.41) is 1.08. The van der Waals surface area contributed by atoms with E-state index in [0.717, 1.165) is 16.6 Å². The molecule has 0 aliphatic carbocycles. The fraction of sp³-hybridized carbons (Fsp3) is 0.267. The molecule has 0 saturated carbocycles. The molecule has 1 aromatic carbocycles. The molecule has 1 aliphatic heterocycles. The normalized spacial score (nSPS) is 18.8. The van der Waals surface area contributed by atoms with Crippen molar-refractivity contribution in [3.8, 4) is 0 Å². The molecule has 0 spiro atoms.